The number of hydrogen-bond donors (Lipinski definition) is 1. The molecule has 2 nitrogen and oxygen atoms in total. The molecule has 1 aromatic carbocycles. The number of nitrogens with zero attached hydrogens (tertiary/aromatic N) is 1. The molecule has 1 unspecified atom stereocenters. The summed E-state index contributed by atoms with van der Waals surface area (Å²) in [6.45, 7) is 3.23. The quantitative estimate of drug-likeness (QED) is 0.818. The van der Waals surface area contributed by atoms with Crippen LogP contribution in [0.4, 0.5) is 0 Å². The van der Waals surface area contributed by atoms with Gasteiger partial charge in [-0.2, -0.15) is 0 Å². The Balaban J connectivity index is 1.74. The first kappa shape index (κ1) is 14.5. The van der Waals surface area contributed by atoms with Crippen molar-refractivity contribution in [2.75, 3.05) is 6.54 Å². The molecule has 112 valence electrons. The molecule has 0 amide bonds. The summed E-state index contributed by atoms with van der Waals surface area (Å²) >= 11 is 0. The van der Waals surface area contributed by atoms with Gasteiger partial charge in [0, 0.05) is 17.6 Å². The van der Waals surface area contributed by atoms with Crippen LogP contribution in [0.5, 0.6) is 0 Å². The van der Waals surface area contributed by atoms with E-state index in [-0.39, 0.29) is 0 Å². The maximum atomic E-state index is 4.42. The largest absolute Gasteiger partial charge is 0.310 e. The molecular formula is C19H26N2. The van der Waals surface area contributed by atoms with Crippen molar-refractivity contribution in [3.8, 4) is 0 Å². The lowest BCUT2D eigenvalue weighted by molar-refractivity contribution is 0.417. The Labute approximate surface area is 128 Å². The van der Waals surface area contributed by atoms with Crippen LogP contribution >= 0.6 is 0 Å². The third kappa shape index (κ3) is 3.62. The molecule has 1 heterocycles. The molecule has 0 saturated heterocycles. The standard InChI is InChI=1S/C19H26N2/c1-2-20-18(11-9-15-6-3-4-7-15)17-10-12-19-16(14-17)8-5-13-21-19/h5,8,10,12-15,18,20H,2-4,6-7,9,11H2,1H3. The summed E-state index contributed by atoms with van der Waals surface area (Å²) in [6.07, 6.45) is 10.3. The zero-order valence-corrected chi connectivity index (χ0v) is 13.0. The van der Waals surface area contributed by atoms with Gasteiger partial charge in [-0.05, 0) is 49.1 Å². The third-order valence-electron chi connectivity index (χ3n) is 4.82. The fraction of sp³-hybridized carbons (Fsp3) is 0.526. The number of pyridine rings is 1. The van der Waals surface area contributed by atoms with E-state index in [2.05, 4.69) is 41.5 Å². The van der Waals surface area contributed by atoms with Crippen molar-refractivity contribution in [1.82, 2.24) is 10.3 Å². The molecule has 1 aliphatic rings. The highest BCUT2D eigenvalue weighted by molar-refractivity contribution is 5.79. The smallest absolute Gasteiger partial charge is 0.0702 e. The number of hydrogen-bond acceptors (Lipinski definition) is 2. The monoisotopic (exact) mass is 282 g/mol. The van der Waals surface area contributed by atoms with Gasteiger partial charge in [0.1, 0.15) is 0 Å². The van der Waals surface area contributed by atoms with Gasteiger partial charge in [0.25, 0.3) is 0 Å². The molecular weight excluding hydrogens is 256 g/mol. The van der Waals surface area contributed by atoms with Crippen molar-refractivity contribution >= 4 is 10.9 Å². The highest BCUT2D eigenvalue weighted by atomic mass is 14.9. The zero-order chi connectivity index (χ0) is 14.5. The summed E-state index contributed by atoms with van der Waals surface area (Å²) in [6, 6.07) is 11.4. The van der Waals surface area contributed by atoms with Crippen LogP contribution in [0.15, 0.2) is 36.5 Å². The Morgan fingerprint density at radius 3 is 2.90 bits per heavy atom. The SMILES string of the molecule is CCNC(CCC1CCCC1)c1ccc2ncccc2c1. The van der Waals surface area contributed by atoms with Crippen LogP contribution in [-0.2, 0) is 0 Å². The van der Waals surface area contributed by atoms with E-state index in [9.17, 15) is 0 Å². The molecule has 1 saturated carbocycles. The van der Waals surface area contributed by atoms with Gasteiger partial charge in [-0.1, -0.05) is 44.7 Å². The Kier molecular flexibility index (Phi) is 4.87. The second-order valence-corrected chi connectivity index (χ2v) is 6.29. The first-order valence-corrected chi connectivity index (χ1v) is 8.45. The normalized spacial score (nSPS) is 17.4. The summed E-state index contributed by atoms with van der Waals surface area (Å²) in [5, 5.41) is 4.92. The minimum absolute atomic E-state index is 0.486. The molecule has 0 aliphatic heterocycles. The average Bonchev–Trinajstić information content (AvgIpc) is 3.04. The molecule has 0 bridgehead atoms. The topological polar surface area (TPSA) is 24.9 Å². The molecule has 1 N–H and O–H groups in total. The molecule has 21 heavy (non-hydrogen) atoms. The van der Waals surface area contributed by atoms with Crippen molar-refractivity contribution in [2.24, 2.45) is 5.92 Å². The lowest BCUT2D eigenvalue weighted by Gasteiger charge is -2.20. The van der Waals surface area contributed by atoms with E-state index in [0.717, 1.165) is 18.0 Å². The Morgan fingerprint density at radius 2 is 2.10 bits per heavy atom. The summed E-state index contributed by atoms with van der Waals surface area (Å²) in [4.78, 5) is 4.42. The maximum absolute atomic E-state index is 4.42. The summed E-state index contributed by atoms with van der Waals surface area (Å²) in [5.41, 5.74) is 2.50. The van der Waals surface area contributed by atoms with Crippen molar-refractivity contribution in [3.63, 3.8) is 0 Å². The molecule has 2 heteroatoms. The lowest BCUT2D eigenvalue weighted by Crippen LogP contribution is -2.21. The average molecular weight is 282 g/mol. The first-order valence-electron chi connectivity index (χ1n) is 8.45. The number of rotatable bonds is 6. The Hall–Kier alpha value is -1.41. The Bertz CT molecular complexity index is 573. The van der Waals surface area contributed by atoms with E-state index in [1.54, 1.807) is 0 Å². The molecule has 1 atom stereocenters. The van der Waals surface area contributed by atoms with E-state index in [1.165, 1.54) is 49.5 Å². The summed E-state index contributed by atoms with van der Waals surface area (Å²) in [5.74, 6) is 0.966. The van der Waals surface area contributed by atoms with Gasteiger partial charge >= 0.3 is 0 Å². The van der Waals surface area contributed by atoms with Crippen LogP contribution in [0.3, 0.4) is 0 Å². The van der Waals surface area contributed by atoms with Gasteiger partial charge in [0.2, 0.25) is 0 Å². The molecule has 0 radical (unpaired) electrons. The van der Waals surface area contributed by atoms with Crippen molar-refractivity contribution < 1.29 is 0 Å². The van der Waals surface area contributed by atoms with Gasteiger partial charge in [-0.3, -0.25) is 4.98 Å². The van der Waals surface area contributed by atoms with Gasteiger partial charge in [-0.25, -0.2) is 0 Å². The van der Waals surface area contributed by atoms with Gasteiger partial charge in [-0.15, -0.1) is 0 Å². The molecule has 1 fully saturated rings. The third-order valence-corrected chi connectivity index (χ3v) is 4.82. The predicted molar refractivity (Wildman–Crippen MR) is 89.4 cm³/mol. The van der Waals surface area contributed by atoms with E-state index in [4.69, 9.17) is 0 Å². The number of aromatic nitrogens is 1. The van der Waals surface area contributed by atoms with E-state index in [0.29, 0.717) is 6.04 Å². The van der Waals surface area contributed by atoms with Crippen LogP contribution in [0.25, 0.3) is 10.9 Å². The number of benzene rings is 1. The maximum Gasteiger partial charge on any atom is 0.0702 e. The highest BCUT2D eigenvalue weighted by Crippen LogP contribution is 2.32. The minimum Gasteiger partial charge on any atom is -0.310 e. The van der Waals surface area contributed by atoms with Crippen LogP contribution in [0, 0.1) is 5.92 Å². The van der Waals surface area contributed by atoms with Crippen LogP contribution < -0.4 is 5.32 Å². The van der Waals surface area contributed by atoms with E-state index >= 15 is 0 Å². The predicted octanol–water partition coefficient (Wildman–Crippen LogP) is 4.86. The summed E-state index contributed by atoms with van der Waals surface area (Å²) < 4.78 is 0. The van der Waals surface area contributed by atoms with Gasteiger partial charge in [0.15, 0.2) is 0 Å². The van der Waals surface area contributed by atoms with Crippen LogP contribution in [0.1, 0.15) is 57.1 Å². The molecule has 1 aliphatic carbocycles. The Morgan fingerprint density at radius 1 is 1.24 bits per heavy atom. The first-order chi connectivity index (χ1) is 10.4. The molecule has 0 spiro atoms. The fourth-order valence-electron chi connectivity index (χ4n) is 3.65. The van der Waals surface area contributed by atoms with Crippen LogP contribution in [-0.4, -0.2) is 11.5 Å². The number of fused-ring (bicyclic) bond motifs is 1. The van der Waals surface area contributed by atoms with Crippen LogP contribution in [0.2, 0.25) is 0 Å². The van der Waals surface area contributed by atoms with Gasteiger partial charge < -0.3 is 5.32 Å². The second-order valence-electron chi connectivity index (χ2n) is 6.29. The van der Waals surface area contributed by atoms with Gasteiger partial charge in [0.05, 0.1) is 5.52 Å². The zero-order valence-electron chi connectivity index (χ0n) is 13.0. The summed E-state index contributed by atoms with van der Waals surface area (Å²) in [7, 11) is 0. The molecule has 1 aromatic heterocycles. The van der Waals surface area contributed by atoms with Crippen molar-refractivity contribution in [3.05, 3.63) is 42.1 Å². The van der Waals surface area contributed by atoms with Crippen molar-refractivity contribution in [1.29, 1.82) is 0 Å². The van der Waals surface area contributed by atoms with E-state index in [1.807, 2.05) is 12.3 Å². The van der Waals surface area contributed by atoms with E-state index < -0.39 is 0 Å². The highest BCUT2D eigenvalue weighted by Gasteiger charge is 2.18. The fourth-order valence-corrected chi connectivity index (χ4v) is 3.65. The molecule has 3 rings (SSSR count). The lowest BCUT2D eigenvalue weighted by atomic mass is 9.94. The molecule has 2 aromatic rings. The van der Waals surface area contributed by atoms with Crippen molar-refractivity contribution in [2.45, 2.75) is 51.5 Å². The number of nitrogens with one attached hydrogen (secondary N) is 1. The minimum atomic E-state index is 0.486. The second kappa shape index (κ2) is 7.04.